The molecule has 0 bridgehead atoms. The second-order valence-corrected chi connectivity index (χ2v) is 5.38. The highest BCUT2D eigenvalue weighted by molar-refractivity contribution is 5.85. The SMILES string of the molecule is CCN(CC(=O)NC(C)C)C(=O)CCc1ccc(F)c(F)c1. The molecule has 1 aromatic carbocycles. The van der Waals surface area contributed by atoms with Gasteiger partial charge in [0.1, 0.15) is 0 Å². The van der Waals surface area contributed by atoms with E-state index in [1.807, 2.05) is 13.8 Å². The van der Waals surface area contributed by atoms with E-state index < -0.39 is 11.6 Å². The summed E-state index contributed by atoms with van der Waals surface area (Å²) < 4.78 is 25.9. The van der Waals surface area contributed by atoms with Crippen LogP contribution in [0.1, 0.15) is 32.8 Å². The predicted molar refractivity (Wildman–Crippen MR) is 80.2 cm³/mol. The van der Waals surface area contributed by atoms with Crippen LogP contribution in [0.5, 0.6) is 0 Å². The summed E-state index contributed by atoms with van der Waals surface area (Å²) in [5.41, 5.74) is 0.551. The van der Waals surface area contributed by atoms with E-state index in [0.29, 0.717) is 18.5 Å². The number of hydrogen-bond donors (Lipinski definition) is 1. The molecule has 0 aliphatic rings. The van der Waals surface area contributed by atoms with Crippen molar-refractivity contribution in [2.45, 2.75) is 39.7 Å². The second kappa shape index (κ2) is 8.46. The lowest BCUT2D eigenvalue weighted by molar-refractivity contribution is -0.136. The van der Waals surface area contributed by atoms with Crippen LogP contribution < -0.4 is 5.32 Å². The van der Waals surface area contributed by atoms with Gasteiger partial charge >= 0.3 is 0 Å². The fourth-order valence-corrected chi connectivity index (χ4v) is 2.02. The van der Waals surface area contributed by atoms with Gasteiger partial charge in [0.15, 0.2) is 11.6 Å². The van der Waals surface area contributed by atoms with Gasteiger partial charge in [-0.2, -0.15) is 0 Å². The van der Waals surface area contributed by atoms with Crippen molar-refractivity contribution in [2.75, 3.05) is 13.1 Å². The largest absolute Gasteiger partial charge is 0.352 e. The topological polar surface area (TPSA) is 49.4 Å². The van der Waals surface area contributed by atoms with Crippen molar-refractivity contribution in [3.63, 3.8) is 0 Å². The average molecular weight is 312 g/mol. The molecule has 0 fully saturated rings. The maximum absolute atomic E-state index is 13.1. The van der Waals surface area contributed by atoms with Crippen LogP contribution in [-0.4, -0.2) is 35.8 Å². The third-order valence-electron chi connectivity index (χ3n) is 3.13. The molecule has 1 aromatic rings. The molecule has 0 unspecified atom stereocenters. The maximum Gasteiger partial charge on any atom is 0.239 e. The molecule has 0 saturated carbocycles. The van der Waals surface area contributed by atoms with Gasteiger partial charge < -0.3 is 10.2 Å². The highest BCUT2D eigenvalue weighted by atomic mass is 19.2. The molecule has 0 aliphatic carbocycles. The zero-order chi connectivity index (χ0) is 16.7. The second-order valence-electron chi connectivity index (χ2n) is 5.38. The Bertz CT molecular complexity index is 533. The number of amides is 2. The van der Waals surface area contributed by atoms with Crippen LogP contribution in [0.25, 0.3) is 0 Å². The molecule has 6 heteroatoms. The van der Waals surface area contributed by atoms with Crippen molar-refractivity contribution in [1.82, 2.24) is 10.2 Å². The molecule has 1 rings (SSSR count). The van der Waals surface area contributed by atoms with E-state index in [0.717, 1.165) is 12.1 Å². The van der Waals surface area contributed by atoms with Gasteiger partial charge in [-0.1, -0.05) is 6.07 Å². The third-order valence-corrected chi connectivity index (χ3v) is 3.13. The summed E-state index contributed by atoms with van der Waals surface area (Å²) in [4.78, 5) is 25.2. The van der Waals surface area contributed by atoms with E-state index in [4.69, 9.17) is 0 Å². The quantitative estimate of drug-likeness (QED) is 0.839. The first kappa shape index (κ1) is 18.1. The molecule has 0 aromatic heterocycles. The van der Waals surface area contributed by atoms with Gasteiger partial charge in [0.05, 0.1) is 6.54 Å². The standard InChI is InChI=1S/C16H22F2N2O2/c1-4-20(10-15(21)19-11(2)3)16(22)8-6-12-5-7-13(17)14(18)9-12/h5,7,9,11H,4,6,8,10H2,1-3H3,(H,19,21). The molecule has 0 saturated heterocycles. The number of aryl methyl sites for hydroxylation is 1. The Labute approximate surface area is 129 Å². The Morgan fingerprint density at radius 2 is 1.91 bits per heavy atom. The predicted octanol–water partition coefficient (Wildman–Crippen LogP) is 2.27. The zero-order valence-electron chi connectivity index (χ0n) is 13.2. The van der Waals surface area contributed by atoms with E-state index in [-0.39, 0.29) is 30.8 Å². The van der Waals surface area contributed by atoms with Gasteiger partial charge in [0, 0.05) is 19.0 Å². The van der Waals surface area contributed by atoms with Crippen molar-refractivity contribution in [3.05, 3.63) is 35.4 Å². The van der Waals surface area contributed by atoms with Gasteiger partial charge in [0.25, 0.3) is 0 Å². The summed E-state index contributed by atoms with van der Waals surface area (Å²) in [6.07, 6.45) is 0.451. The van der Waals surface area contributed by atoms with Crippen LogP contribution >= 0.6 is 0 Å². The Morgan fingerprint density at radius 3 is 2.45 bits per heavy atom. The average Bonchev–Trinajstić information content (AvgIpc) is 2.44. The highest BCUT2D eigenvalue weighted by Crippen LogP contribution is 2.11. The third kappa shape index (κ3) is 5.79. The first-order chi connectivity index (χ1) is 10.3. The number of nitrogens with zero attached hydrogens (tertiary/aromatic N) is 1. The molecule has 0 atom stereocenters. The highest BCUT2D eigenvalue weighted by Gasteiger charge is 2.16. The lowest BCUT2D eigenvalue weighted by Gasteiger charge is -2.21. The maximum atomic E-state index is 13.1. The van der Waals surface area contributed by atoms with Crippen molar-refractivity contribution in [2.24, 2.45) is 0 Å². The number of carbonyl (C=O) groups is 2. The monoisotopic (exact) mass is 312 g/mol. The van der Waals surface area contributed by atoms with Crippen LogP contribution in [0.15, 0.2) is 18.2 Å². The van der Waals surface area contributed by atoms with Gasteiger partial charge in [0.2, 0.25) is 11.8 Å². The summed E-state index contributed by atoms with van der Waals surface area (Å²) in [5.74, 6) is -2.23. The fourth-order valence-electron chi connectivity index (χ4n) is 2.02. The molecule has 0 aliphatic heterocycles. The summed E-state index contributed by atoms with van der Waals surface area (Å²) in [6, 6.07) is 3.60. The molecule has 22 heavy (non-hydrogen) atoms. The van der Waals surface area contributed by atoms with E-state index in [2.05, 4.69) is 5.32 Å². The number of halogens is 2. The molecule has 0 spiro atoms. The molecule has 1 N–H and O–H groups in total. The van der Waals surface area contributed by atoms with E-state index in [9.17, 15) is 18.4 Å². The Hall–Kier alpha value is -1.98. The number of benzene rings is 1. The van der Waals surface area contributed by atoms with Crippen molar-refractivity contribution < 1.29 is 18.4 Å². The Morgan fingerprint density at radius 1 is 1.23 bits per heavy atom. The number of nitrogens with one attached hydrogen (secondary N) is 1. The van der Waals surface area contributed by atoms with Gasteiger partial charge in [-0.25, -0.2) is 8.78 Å². The minimum Gasteiger partial charge on any atom is -0.352 e. The molecule has 0 radical (unpaired) electrons. The number of hydrogen-bond acceptors (Lipinski definition) is 2. The van der Waals surface area contributed by atoms with Crippen LogP contribution in [0, 0.1) is 11.6 Å². The fraction of sp³-hybridized carbons (Fsp3) is 0.500. The molecule has 122 valence electrons. The first-order valence-electron chi connectivity index (χ1n) is 7.34. The van der Waals surface area contributed by atoms with Gasteiger partial charge in [-0.3, -0.25) is 9.59 Å². The van der Waals surface area contributed by atoms with E-state index >= 15 is 0 Å². The Balaban J connectivity index is 2.54. The van der Waals surface area contributed by atoms with Crippen molar-refractivity contribution in [3.8, 4) is 0 Å². The summed E-state index contributed by atoms with van der Waals surface area (Å²) in [5, 5.41) is 2.73. The van der Waals surface area contributed by atoms with Crippen molar-refractivity contribution in [1.29, 1.82) is 0 Å². The van der Waals surface area contributed by atoms with Crippen LogP contribution in [0.3, 0.4) is 0 Å². The van der Waals surface area contributed by atoms with Crippen LogP contribution in [0.2, 0.25) is 0 Å². The summed E-state index contributed by atoms with van der Waals surface area (Å²) in [7, 11) is 0. The number of likely N-dealkylation sites (N-methyl/N-ethyl adjacent to an activating group) is 1. The minimum absolute atomic E-state index is 0.00525. The minimum atomic E-state index is -0.923. The Kier molecular flexibility index (Phi) is 6.95. The lowest BCUT2D eigenvalue weighted by Crippen LogP contribution is -2.42. The number of carbonyl (C=O) groups excluding carboxylic acids is 2. The molecule has 4 nitrogen and oxygen atoms in total. The first-order valence-corrected chi connectivity index (χ1v) is 7.34. The normalized spacial score (nSPS) is 10.6. The van der Waals surface area contributed by atoms with E-state index in [1.165, 1.54) is 11.0 Å². The smallest absolute Gasteiger partial charge is 0.239 e. The summed E-state index contributed by atoms with van der Waals surface area (Å²) >= 11 is 0. The van der Waals surface area contributed by atoms with E-state index in [1.54, 1.807) is 6.92 Å². The van der Waals surface area contributed by atoms with Crippen LogP contribution in [-0.2, 0) is 16.0 Å². The van der Waals surface area contributed by atoms with Gasteiger partial charge in [-0.05, 0) is 44.9 Å². The van der Waals surface area contributed by atoms with Gasteiger partial charge in [-0.15, -0.1) is 0 Å². The van der Waals surface area contributed by atoms with Crippen LogP contribution in [0.4, 0.5) is 8.78 Å². The zero-order valence-corrected chi connectivity index (χ0v) is 13.2. The molecule has 2 amide bonds. The number of rotatable bonds is 7. The molecule has 0 heterocycles. The molecular weight excluding hydrogens is 290 g/mol. The summed E-state index contributed by atoms with van der Waals surface area (Å²) in [6.45, 7) is 5.91. The molecular formula is C16H22F2N2O2. The lowest BCUT2D eigenvalue weighted by atomic mass is 10.1. The van der Waals surface area contributed by atoms with Crippen molar-refractivity contribution >= 4 is 11.8 Å².